The summed E-state index contributed by atoms with van der Waals surface area (Å²) in [6.07, 6.45) is 1.24. The third-order valence-corrected chi connectivity index (χ3v) is 4.56. The second-order valence-corrected chi connectivity index (χ2v) is 5.65. The molecule has 0 saturated carbocycles. The Labute approximate surface area is 109 Å². The SMILES string of the molecule is CCC1C2CNCC2CN1Cc1ccc(O)cc1. The lowest BCUT2D eigenvalue weighted by Crippen LogP contribution is -2.34. The third kappa shape index (κ3) is 2.13. The highest BCUT2D eigenvalue weighted by Crippen LogP contribution is 2.35. The van der Waals surface area contributed by atoms with E-state index in [0.717, 1.165) is 24.4 Å². The van der Waals surface area contributed by atoms with Gasteiger partial charge < -0.3 is 10.4 Å². The number of likely N-dealkylation sites (tertiary alicyclic amines) is 1. The Morgan fingerprint density at radius 2 is 2.06 bits per heavy atom. The first-order valence-electron chi connectivity index (χ1n) is 7.00. The summed E-state index contributed by atoms with van der Waals surface area (Å²) >= 11 is 0. The maximum Gasteiger partial charge on any atom is 0.115 e. The largest absolute Gasteiger partial charge is 0.508 e. The van der Waals surface area contributed by atoms with Gasteiger partial charge in [-0.05, 0) is 49.0 Å². The van der Waals surface area contributed by atoms with Gasteiger partial charge in [-0.25, -0.2) is 0 Å². The van der Waals surface area contributed by atoms with Crippen molar-refractivity contribution in [2.24, 2.45) is 11.8 Å². The van der Waals surface area contributed by atoms with Gasteiger partial charge in [-0.1, -0.05) is 19.1 Å². The molecule has 0 aromatic heterocycles. The molecule has 98 valence electrons. The lowest BCUT2D eigenvalue weighted by molar-refractivity contribution is 0.210. The Morgan fingerprint density at radius 1 is 1.28 bits per heavy atom. The van der Waals surface area contributed by atoms with Crippen molar-refractivity contribution in [3.05, 3.63) is 29.8 Å². The molecule has 2 heterocycles. The number of phenolic OH excluding ortho intramolecular Hbond substituents is 1. The maximum atomic E-state index is 9.33. The molecule has 3 rings (SSSR count). The number of nitrogens with zero attached hydrogens (tertiary/aromatic N) is 1. The molecule has 3 atom stereocenters. The predicted molar refractivity (Wildman–Crippen MR) is 72.4 cm³/mol. The van der Waals surface area contributed by atoms with E-state index in [0.29, 0.717) is 5.75 Å². The van der Waals surface area contributed by atoms with Crippen molar-refractivity contribution in [1.82, 2.24) is 10.2 Å². The fourth-order valence-corrected chi connectivity index (χ4v) is 3.69. The smallest absolute Gasteiger partial charge is 0.115 e. The highest BCUT2D eigenvalue weighted by Gasteiger charge is 2.42. The molecule has 18 heavy (non-hydrogen) atoms. The summed E-state index contributed by atoms with van der Waals surface area (Å²) in [4.78, 5) is 2.63. The van der Waals surface area contributed by atoms with Gasteiger partial charge in [-0.2, -0.15) is 0 Å². The third-order valence-electron chi connectivity index (χ3n) is 4.56. The summed E-state index contributed by atoms with van der Waals surface area (Å²) in [5, 5.41) is 12.8. The number of hydrogen-bond donors (Lipinski definition) is 2. The Morgan fingerprint density at radius 3 is 2.78 bits per heavy atom. The van der Waals surface area contributed by atoms with Crippen molar-refractivity contribution in [3.8, 4) is 5.75 Å². The molecule has 3 nitrogen and oxygen atoms in total. The Hall–Kier alpha value is -1.06. The number of benzene rings is 1. The second kappa shape index (κ2) is 4.90. The maximum absolute atomic E-state index is 9.33. The van der Waals surface area contributed by atoms with E-state index in [1.54, 1.807) is 12.1 Å². The van der Waals surface area contributed by atoms with Gasteiger partial charge in [0.25, 0.3) is 0 Å². The molecule has 2 fully saturated rings. The van der Waals surface area contributed by atoms with Gasteiger partial charge in [0.1, 0.15) is 5.75 Å². The molecule has 0 aliphatic carbocycles. The average molecular weight is 246 g/mol. The zero-order valence-electron chi connectivity index (χ0n) is 11.0. The number of rotatable bonds is 3. The van der Waals surface area contributed by atoms with Crippen LogP contribution in [0.2, 0.25) is 0 Å². The molecule has 2 N–H and O–H groups in total. The van der Waals surface area contributed by atoms with Crippen LogP contribution in [0.1, 0.15) is 18.9 Å². The Balaban J connectivity index is 1.71. The summed E-state index contributed by atoms with van der Waals surface area (Å²) in [5.74, 6) is 2.03. The van der Waals surface area contributed by atoms with Crippen molar-refractivity contribution in [1.29, 1.82) is 0 Å². The van der Waals surface area contributed by atoms with E-state index in [9.17, 15) is 5.11 Å². The summed E-state index contributed by atoms with van der Waals surface area (Å²) in [5.41, 5.74) is 1.30. The Kier molecular flexibility index (Phi) is 3.27. The molecule has 0 bridgehead atoms. The van der Waals surface area contributed by atoms with Crippen LogP contribution in [0.25, 0.3) is 0 Å². The summed E-state index contributed by atoms with van der Waals surface area (Å²) in [6.45, 7) is 6.92. The fraction of sp³-hybridized carbons (Fsp3) is 0.600. The van der Waals surface area contributed by atoms with E-state index in [4.69, 9.17) is 0 Å². The van der Waals surface area contributed by atoms with Gasteiger partial charge in [0, 0.05) is 19.1 Å². The van der Waals surface area contributed by atoms with E-state index >= 15 is 0 Å². The molecule has 3 heteroatoms. The van der Waals surface area contributed by atoms with Crippen LogP contribution in [0, 0.1) is 11.8 Å². The predicted octanol–water partition coefficient (Wildman–Crippen LogP) is 1.82. The summed E-state index contributed by atoms with van der Waals surface area (Å²) in [6, 6.07) is 8.37. The first-order chi connectivity index (χ1) is 8.78. The van der Waals surface area contributed by atoms with Crippen molar-refractivity contribution in [3.63, 3.8) is 0 Å². The minimum absolute atomic E-state index is 0.355. The quantitative estimate of drug-likeness (QED) is 0.854. The summed E-state index contributed by atoms with van der Waals surface area (Å²) in [7, 11) is 0. The first kappa shape index (κ1) is 12.0. The van der Waals surface area contributed by atoms with E-state index in [1.165, 1.54) is 31.6 Å². The second-order valence-electron chi connectivity index (χ2n) is 5.65. The van der Waals surface area contributed by atoms with E-state index in [-0.39, 0.29) is 0 Å². The van der Waals surface area contributed by atoms with Crippen molar-refractivity contribution >= 4 is 0 Å². The highest BCUT2D eigenvalue weighted by molar-refractivity contribution is 5.26. The van der Waals surface area contributed by atoms with Crippen molar-refractivity contribution in [2.45, 2.75) is 25.9 Å². The molecule has 3 unspecified atom stereocenters. The van der Waals surface area contributed by atoms with Crippen LogP contribution in [0.4, 0.5) is 0 Å². The lowest BCUT2D eigenvalue weighted by atomic mass is 9.93. The average Bonchev–Trinajstić information content (AvgIpc) is 2.92. The van der Waals surface area contributed by atoms with Gasteiger partial charge in [-0.3, -0.25) is 4.90 Å². The molecule has 2 aliphatic heterocycles. The van der Waals surface area contributed by atoms with Crippen molar-refractivity contribution in [2.75, 3.05) is 19.6 Å². The van der Waals surface area contributed by atoms with Gasteiger partial charge in [0.05, 0.1) is 0 Å². The molecule has 1 aromatic rings. The van der Waals surface area contributed by atoms with Crippen LogP contribution >= 0.6 is 0 Å². The van der Waals surface area contributed by atoms with Crippen LogP contribution < -0.4 is 5.32 Å². The number of nitrogens with one attached hydrogen (secondary N) is 1. The van der Waals surface area contributed by atoms with Gasteiger partial charge >= 0.3 is 0 Å². The fourth-order valence-electron chi connectivity index (χ4n) is 3.69. The lowest BCUT2D eigenvalue weighted by Gasteiger charge is -2.26. The first-order valence-corrected chi connectivity index (χ1v) is 7.00. The molecule has 0 radical (unpaired) electrons. The molecule has 0 spiro atoms. The zero-order valence-corrected chi connectivity index (χ0v) is 11.0. The normalized spacial score (nSPS) is 31.7. The van der Waals surface area contributed by atoms with Gasteiger partial charge in [0.2, 0.25) is 0 Å². The Bertz CT molecular complexity index is 403. The van der Waals surface area contributed by atoms with E-state index in [2.05, 4.69) is 17.1 Å². The minimum Gasteiger partial charge on any atom is -0.508 e. The topological polar surface area (TPSA) is 35.5 Å². The van der Waals surface area contributed by atoms with E-state index < -0.39 is 0 Å². The number of phenols is 1. The molecular formula is C15H22N2O. The minimum atomic E-state index is 0.355. The zero-order chi connectivity index (χ0) is 12.5. The number of fused-ring (bicyclic) bond motifs is 1. The molecule has 2 aliphatic rings. The van der Waals surface area contributed by atoms with Crippen LogP contribution in [0.5, 0.6) is 5.75 Å². The molecule has 0 amide bonds. The summed E-state index contributed by atoms with van der Waals surface area (Å²) < 4.78 is 0. The number of aromatic hydroxyl groups is 1. The van der Waals surface area contributed by atoms with Crippen LogP contribution in [0.15, 0.2) is 24.3 Å². The van der Waals surface area contributed by atoms with E-state index in [1.807, 2.05) is 12.1 Å². The van der Waals surface area contributed by atoms with Gasteiger partial charge in [-0.15, -0.1) is 0 Å². The molecule has 1 aromatic carbocycles. The van der Waals surface area contributed by atoms with Crippen LogP contribution in [-0.4, -0.2) is 35.7 Å². The molecule has 2 saturated heterocycles. The number of hydrogen-bond acceptors (Lipinski definition) is 3. The standard InChI is InChI=1S/C15H22N2O/c1-2-15-14-8-16-7-12(14)10-17(15)9-11-3-5-13(18)6-4-11/h3-6,12,14-16,18H,2,7-10H2,1H3. The van der Waals surface area contributed by atoms with Crippen LogP contribution in [0.3, 0.4) is 0 Å². The molecular weight excluding hydrogens is 224 g/mol. The highest BCUT2D eigenvalue weighted by atomic mass is 16.3. The van der Waals surface area contributed by atoms with Gasteiger partial charge in [0.15, 0.2) is 0 Å². The monoisotopic (exact) mass is 246 g/mol. The van der Waals surface area contributed by atoms with Crippen molar-refractivity contribution < 1.29 is 5.11 Å². The van der Waals surface area contributed by atoms with Crippen LogP contribution in [-0.2, 0) is 6.54 Å².